The van der Waals surface area contributed by atoms with Gasteiger partial charge in [-0.3, -0.25) is 19.8 Å². The Hall–Kier alpha value is -1.65. The second-order valence-corrected chi connectivity index (χ2v) is 13.2. The fourth-order valence-electron chi connectivity index (χ4n) is 8.02. The van der Waals surface area contributed by atoms with Crippen molar-refractivity contribution in [3.05, 3.63) is 34.9 Å². The third-order valence-electron chi connectivity index (χ3n) is 10.4. The third-order valence-corrected chi connectivity index (χ3v) is 10.4. The first kappa shape index (κ1) is 29.4. The van der Waals surface area contributed by atoms with Gasteiger partial charge in [-0.15, -0.1) is 0 Å². The lowest BCUT2D eigenvalue weighted by molar-refractivity contribution is -0.195. The molecule has 0 radical (unpaired) electrons. The van der Waals surface area contributed by atoms with Crippen LogP contribution in [0.2, 0.25) is 0 Å². The molecule has 2 saturated carbocycles. The number of hydroxylamine groups is 3. The van der Waals surface area contributed by atoms with Crippen molar-refractivity contribution in [3.8, 4) is 0 Å². The average Bonchev–Trinajstić information content (AvgIpc) is 3.72. The molecule has 5 atom stereocenters. The number of halogens is 2. The van der Waals surface area contributed by atoms with Gasteiger partial charge in [0.05, 0.1) is 6.04 Å². The first-order valence-electron chi connectivity index (χ1n) is 16.3. The normalized spacial score (nSPS) is 34.3. The predicted octanol–water partition coefficient (Wildman–Crippen LogP) is 6.35. The highest BCUT2D eigenvalue weighted by Gasteiger charge is 2.53. The summed E-state index contributed by atoms with van der Waals surface area (Å²) in [5.74, 6) is -0.275. The molecule has 6 rings (SSSR count). The monoisotopic (exact) mass is 574 g/mol. The maximum absolute atomic E-state index is 14.6. The van der Waals surface area contributed by atoms with Crippen LogP contribution in [0.1, 0.15) is 132 Å². The molecule has 1 aromatic rings. The zero-order valence-corrected chi connectivity index (χ0v) is 24.5. The minimum atomic E-state index is -2.63. The van der Waals surface area contributed by atoms with Gasteiger partial charge in [-0.25, -0.2) is 8.78 Å². The van der Waals surface area contributed by atoms with E-state index in [-0.39, 0.29) is 23.9 Å². The van der Waals surface area contributed by atoms with E-state index in [1.165, 1.54) is 32.1 Å². The van der Waals surface area contributed by atoms with Gasteiger partial charge >= 0.3 is 0 Å². The molecule has 2 heterocycles. The highest BCUT2D eigenvalue weighted by Crippen LogP contribution is 2.41. The van der Waals surface area contributed by atoms with Gasteiger partial charge in [0, 0.05) is 24.4 Å². The average molecular weight is 575 g/mol. The second-order valence-electron chi connectivity index (χ2n) is 13.2. The van der Waals surface area contributed by atoms with E-state index in [9.17, 15) is 13.6 Å². The van der Waals surface area contributed by atoms with Gasteiger partial charge in [0.25, 0.3) is 12.3 Å². The fraction of sp³-hybridized carbons (Fsp3) is 0.781. The molecular weight excluding hydrogens is 526 g/mol. The van der Waals surface area contributed by atoms with Crippen molar-refractivity contribution in [3.63, 3.8) is 0 Å². The summed E-state index contributed by atoms with van der Waals surface area (Å²) in [6.07, 6.45) is 12.8. The summed E-state index contributed by atoms with van der Waals surface area (Å²) >= 11 is 0. The van der Waals surface area contributed by atoms with Crippen molar-refractivity contribution in [2.45, 2.75) is 152 Å². The summed E-state index contributed by atoms with van der Waals surface area (Å²) in [5.41, 5.74) is 4.39. The number of hydrogen-bond acceptors (Lipinski definition) is 6. The van der Waals surface area contributed by atoms with E-state index in [1.54, 1.807) is 0 Å². The smallest absolute Gasteiger partial charge is 0.282 e. The minimum Gasteiger partial charge on any atom is -0.347 e. The topological polar surface area (TPSA) is 74.9 Å². The molecule has 0 aromatic heterocycles. The summed E-state index contributed by atoms with van der Waals surface area (Å²) in [5, 5.41) is 8.54. The molecule has 3 N–H and O–H groups in total. The molecular formula is C32H48F2N4O3. The Labute approximate surface area is 243 Å². The molecule has 1 aromatic carbocycles. The summed E-state index contributed by atoms with van der Waals surface area (Å²) in [6.45, 7) is 2.16. The van der Waals surface area contributed by atoms with E-state index in [1.807, 2.05) is 12.1 Å². The first-order chi connectivity index (χ1) is 19.9. The Kier molecular flexibility index (Phi) is 9.27. The second kappa shape index (κ2) is 12.9. The summed E-state index contributed by atoms with van der Waals surface area (Å²) in [4.78, 5) is 25.2. The van der Waals surface area contributed by atoms with Crippen LogP contribution < -0.4 is 16.1 Å². The lowest BCUT2D eigenvalue weighted by atomic mass is 9.86. The number of hydrogen-bond donors (Lipinski definition) is 3. The molecule has 7 nitrogen and oxygen atoms in total. The number of carbonyl (C=O) groups is 1. The highest BCUT2D eigenvalue weighted by atomic mass is 19.3. The Morgan fingerprint density at radius 3 is 2.41 bits per heavy atom. The van der Waals surface area contributed by atoms with Crippen molar-refractivity contribution >= 4 is 5.91 Å². The van der Waals surface area contributed by atoms with Crippen molar-refractivity contribution in [2.24, 2.45) is 5.92 Å². The summed E-state index contributed by atoms with van der Waals surface area (Å²) in [7, 11) is 0. The molecule has 0 spiro atoms. The van der Waals surface area contributed by atoms with Crippen LogP contribution >= 0.6 is 0 Å². The van der Waals surface area contributed by atoms with Crippen molar-refractivity contribution in [1.82, 2.24) is 21.2 Å². The fourth-order valence-corrected chi connectivity index (χ4v) is 8.02. The molecule has 4 unspecified atom stereocenters. The van der Waals surface area contributed by atoms with E-state index < -0.39 is 24.4 Å². The molecule has 4 fully saturated rings. The van der Waals surface area contributed by atoms with Crippen LogP contribution in [0.5, 0.6) is 0 Å². The quantitative estimate of drug-likeness (QED) is 0.368. The summed E-state index contributed by atoms with van der Waals surface area (Å²) < 4.78 is 29.2. The molecule has 0 bridgehead atoms. The molecule has 228 valence electrons. The number of rotatable bonds is 6. The minimum absolute atomic E-state index is 0.0404. The lowest BCUT2D eigenvalue weighted by Gasteiger charge is -2.35. The third kappa shape index (κ3) is 6.21. The maximum atomic E-state index is 14.6. The van der Waals surface area contributed by atoms with Crippen molar-refractivity contribution < 1.29 is 23.3 Å². The number of amides is 1. The zero-order chi connectivity index (χ0) is 28.4. The number of nitrogens with one attached hydrogen (secondary N) is 3. The Morgan fingerprint density at radius 2 is 1.68 bits per heavy atom. The number of benzene rings is 1. The maximum Gasteiger partial charge on any atom is 0.282 e. The molecule has 5 aliphatic rings. The SMILES string of the molecule is CC1CC(C(=O)N[C@@H]2CCc3cc(C4NOC(C(F)F)(C5CCCCCCCC5)N4)ccc32)ON1C1CCCCC1. The Balaban J connectivity index is 1.09. The largest absolute Gasteiger partial charge is 0.347 e. The first-order valence-corrected chi connectivity index (χ1v) is 16.3. The molecule has 9 heteroatoms. The Morgan fingerprint density at radius 1 is 1.00 bits per heavy atom. The van der Waals surface area contributed by atoms with Crippen molar-refractivity contribution in [1.29, 1.82) is 0 Å². The van der Waals surface area contributed by atoms with Gasteiger partial charge in [0.1, 0.15) is 6.17 Å². The molecule has 2 aliphatic heterocycles. The number of nitrogens with zero attached hydrogens (tertiary/aromatic N) is 1. The Bertz CT molecular complexity index is 1040. The number of fused-ring (bicyclic) bond motifs is 1. The van der Waals surface area contributed by atoms with Crippen molar-refractivity contribution in [2.75, 3.05) is 0 Å². The highest BCUT2D eigenvalue weighted by molar-refractivity contribution is 5.81. The van der Waals surface area contributed by atoms with Crippen LogP contribution in [0, 0.1) is 5.92 Å². The number of aryl methyl sites for hydroxylation is 1. The summed E-state index contributed by atoms with van der Waals surface area (Å²) in [6, 6.07) is 6.70. The van der Waals surface area contributed by atoms with Crippen LogP contribution in [-0.4, -0.2) is 41.3 Å². The van der Waals surface area contributed by atoms with E-state index >= 15 is 0 Å². The van der Waals surface area contributed by atoms with Gasteiger partial charge in [-0.1, -0.05) is 76.0 Å². The van der Waals surface area contributed by atoms with E-state index in [4.69, 9.17) is 9.68 Å². The van der Waals surface area contributed by atoms with Crippen LogP contribution in [0.3, 0.4) is 0 Å². The van der Waals surface area contributed by atoms with Crippen LogP contribution in [0.15, 0.2) is 18.2 Å². The number of carbonyl (C=O) groups excluding carboxylic acids is 1. The van der Waals surface area contributed by atoms with Gasteiger partial charge in [0.2, 0.25) is 5.72 Å². The lowest BCUT2D eigenvalue weighted by Crippen LogP contribution is -2.54. The van der Waals surface area contributed by atoms with E-state index in [0.717, 1.165) is 80.9 Å². The molecule has 41 heavy (non-hydrogen) atoms. The number of alkyl halides is 2. The zero-order valence-electron chi connectivity index (χ0n) is 24.5. The van der Waals surface area contributed by atoms with Crippen LogP contribution in [-0.2, 0) is 20.9 Å². The molecule has 3 aliphatic carbocycles. The molecule has 1 amide bonds. The van der Waals surface area contributed by atoms with Gasteiger partial charge in [0.15, 0.2) is 6.10 Å². The van der Waals surface area contributed by atoms with Gasteiger partial charge in [-0.2, -0.15) is 10.5 Å². The van der Waals surface area contributed by atoms with E-state index in [2.05, 4.69) is 34.2 Å². The van der Waals surface area contributed by atoms with Gasteiger partial charge < -0.3 is 5.32 Å². The molecule has 2 saturated heterocycles. The van der Waals surface area contributed by atoms with Gasteiger partial charge in [-0.05, 0) is 62.1 Å². The predicted molar refractivity (Wildman–Crippen MR) is 153 cm³/mol. The van der Waals surface area contributed by atoms with E-state index in [0.29, 0.717) is 12.5 Å². The standard InChI is InChI=1S/C32H48F2N4O3/c1-21-19-28(40-38(21)25-13-9-6-10-14-25)30(39)35-27-18-16-22-20-23(15-17-26(22)27)29-36-32(31(33)34,41-37-29)24-11-7-4-2-3-5-8-12-24/h15,17,20-21,24-25,27-29,31,36-37H,2-14,16,18-19H2,1H3,(H,35,39)/t21?,27-,28?,29?,32?/m1/s1. The van der Waals surface area contributed by atoms with Crippen LogP contribution in [0.25, 0.3) is 0 Å². The van der Waals surface area contributed by atoms with Crippen LogP contribution in [0.4, 0.5) is 8.78 Å².